The zero-order valence-corrected chi connectivity index (χ0v) is 14.8. The minimum Gasteiger partial charge on any atom is -0.497 e. The molecule has 0 unspecified atom stereocenters. The van der Waals surface area contributed by atoms with Gasteiger partial charge in [-0.3, -0.25) is 9.36 Å². The van der Waals surface area contributed by atoms with Crippen LogP contribution in [-0.4, -0.2) is 37.1 Å². The molecule has 3 heterocycles. The van der Waals surface area contributed by atoms with Crippen LogP contribution in [0.3, 0.4) is 0 Å². The molecule has 0 saturated carbocycles. The van der Waals surface area contributed by atoms with Gasteiger partial charge in [-0.1, -0.05) is 11.3 Å². The molecule has 132 valence electrons. The van der Waals surface area contributed by atoms with Crippen molar-refractivity contribution < 1.29 is 9.53 Å². The summed E-state index contributed by atoms with van der Waals surface area (Å²) < 4.78 is 9.09. The van der Waals surface area contributed by atoms with Gasteiger partial charge in [0.15, 0.2) is 10.8 Å². The van der Waals surface area contributed by atoms with Crippen LogP contribution < -0.4 is 15.7 Å². The Labute approximate surface area is 150 Å². The van der Waals surface area contributed by atoms with Crippen molar-refractivity contribution in [2.45, 2.75) is 6.54 Å². The highest BCUT2D eigenvalue weighted by Gasteiger charge is 2.12. The van der Waals surface area contributed by atoms with Crippen molar-refractivity contribution >= 4 is 43.8 Å². The van der Waals surface area contributed by atoms with E-state index in [0.29, 0.717) is 16.3 Å². The molecule has 0 fully saturated rings. The molecule has 3 aromatic heterocycles. The summed E-state index contributed by atoms with van der Waals surface area (Å²) in [6.45, 7) is 0.0373. The number of aryl methyl sites for hydroxylation is 1. The Morgan fingerprint density at radius 1 is 1.35 bits per heavy atom. The number of carbonyl (C=O) groups is 1. The monoisotopic (exact) mass is 370 g/mol. The van der Waals surface area contributed by atoms with Crippen LogP contribution in [0.1, 0.15) is 0 Å². The quantitative estimate of drug-likeness (QED) is 0.582. The zero-order valence-electron chi connectivity index (χ0n) is 14.0. The van der Waals surface area contributed by atoms with Gasteiger partial charge in [0.1, 0.15) is 17.8 Å². The minimum absolute atomic E-state index is 0.0373. The number of fused-ring (bicyclic) bond motifs is 2. The van der Waals surface area contributed by atoms with Gasteiger partial charge in [0.25, 0.3) is 0 Å². The molecule has 0 spiro atoms. The fourth-order valence-electron chi connectivity index (χ4n) is 2.59. The number of nitrogens with zero attached hydrogens (tertiary/aromatic N) is 5. The number of nitrogens with one attached hydrogen (secondary N) is 1. The molecule has 0 bridgehead atoms. The van der Waals surface area contributed by atoms with E-state index in [1.54, 1.807) is 18.7 Å². The van der Waals surface area contributed by atoms with E-state index in [4.69, 9.17) is 4.74 Å². The standard InChI is InChI=1S/C16H14N6O3S/c1-21-14-11(6-17-16(21)24)22(8-18-14)7-13(23)20-15-19-10-4-3-9(25-2)5-12(10)26-15/h3-6,8H,7H2,1-2H3,(H,19,20,23). The van der Waals surface area contributed by atoms with E-state index in [-0.39, 0.29) is 12.5 Å². The molecular formula is C16H14N6O3S. The van der Waals surface area contributed by atoms with Gasteiger partial charge in [0.2, 0.25) is 5.91 Å². The topological polar surface area (TPSA) is 104 Å². The summed E-state index contributed by atoms with van der Waals surface area (Å²) in [6, 6.07) is 5.54. The van der Waals surface area contributed by atoms with E-state index in [0.717, 1.165) is 16.0 Å². The molecular weight excluding hydrogens is 356 g/mol. The number of anilines is 1. The first-order valence-electron chi connectivity index (χ1n) is 7.66. The first-order chi connectivity index (χ1) is 12.5. The number of carbonyl (C=O) groups excluding carboxylic acids is 1. The van der Waals surface area contributed by atoms with E-state index in [2.05, 4.69) is 20.3 Å². The maximum Gasteiger partial charge on any atom is 0.349 e. The van der Waals surface area contributed by atoms with Crippen molar-refractivity contribution in [2.75, 3.05) is 12.4 Å². The first-order valence-corrected chi connectivity index (χ1v) is 8.48. The lowest BCUT2D eigenvalue weighted by Crippen LogP contribution is -2.21. The second kappa shape index (κ2) is 6.23. The third-order valence-corrected chi connectivity index (χ3v) is 4.85. The second-order valence-corrected chi connectivity index (χ2v) is 6.61. The number of methoxy groups -OCH3 is 1. The van der Waals surface area contributed by atoms with Gasteiger partial charge in [-0.15, -0.1) is 0 Å². The van der Waals surface area contributed by atoms with Crippen molar-refractivity contribution in [3.8, 4) is 5.75 Å². The fourth-order valence-corrected chi connectivity index (χ4v) is 3.50. The number of benzene rings is 1. The van der Waals surface area contributed by atoms with Crippen molar-refractivity contribution in [1.82, 2.24) is 24.1 Å². The fraction of sp³-hybridized carbons (Fsp3) is 0.188. The number of aromatic nitrogens is 5. The van der Waals surface area contributed by atoms with Crippen LogP contribution in [0.15, 0.2) is 35.5 Å². The Morgan fingerprint density at radius 3 is 3.00 bits per heavy atom. The molecule has 0 aliphatic rings. The number of amides is 1. The normalized spacial score (nSPS) is 11.2. The average molecular weight is 370 g/mol. The van der Waals surface area contributed by atoms with Crippen molar-refractivity contribution in [3.05, 3.63) is 41.2 Å². The van der Waals surface area contributed by atoms with Crippen LogP contribution in [0.25, 0.3) is 21.4 Å². The number of hydrogen-bond acceptors (Lipinski definition) is 7. The number of hydrogen-bond donors (Lipinski definition) is 1. The van der Waals surface area contributed by atoms with Gasteiger partial charge in [-0.25, -0.2) is 14.8 Å². The third-order valence-electron chi connectivity index (χ3n) is 3.92. The molecule has 10 heteroatoms. The van der Waals surface area contributed by atoms with Crippen molar-refractivity contribution in [1.29, 1.82) is 0 Å². The molecule has 0 atom stereocenters. The summed E-state index contributed by atoms with van der Waals surface area (Å²) in [5, 5.41) is 3.30. The molecule has 1 amide bonds. The molecule has 4 rings (SSSR count). The van der Waals surface area contributed by atoms with Gasteiger partial charge in [-0.2, -0.15) is 4.98 Å². The first kappa shape index (κ1) is 16.2. The molecule has 0 radical (unpaired) electrons. The van der Waals surface area contributed by atoms with Gasteiger partial charge in [0, 0.05) is 7.05 Å². The lowest BCUT2D eigenvalue weighted by atomic mass is 10.3. The summed E-state index contributed by atoms with van der Waals surface area (Å²) in [5.74, 6) is 0.492. The Bertz CT molecular complexity index is 1190. The highest BCUT2D eigenvalue weighted by molar-refractivity contribution is 7.22. The maximum absolute atomic E-state index is 12.4. The van der Waals surface area contributed by atoms with Gasteiger partial charge >= 0.3 is 5.69 Å². The molecule has 0 saturated heterocycles. The van der Waals surface area contributed by atoms with E-state index in [1.165, 1.54) is 28.4 Å². The number of ether oxygens (including phenoxy) is 1. The van der Waals surface area contributed by atoms with Crippen molar-refractivity contribution in [3.63, 3.8) is 0 Å². The maximum atomic E-state index is 12.4. The molecule has 9 nitrogen and oxygen atoms in total. The van der Waals surface area contributed by atoms with Crippen LogP contribution in [0.2, 0.25) is 0 Å². The molecule has 0 aliphatic carbocycles. The second-order valence-electron chi connectivity index (χ2n) is 5.58. The van der Waals surface area contributed by atoms with Gasteiger partial charge < -0.3 is 14.6 Å². The van der Waals surface area contributed by atoms with E-state index in [1.807, 2.05) is 18.2 Å². The summed E-state index contributed by atoms with van der Waals surface area (Å²) >= 11 is 1.37. The number of thiazole rings is 1. The van der Waals surface area contributed by atoms with Crippen LogP contribution in [0.4, 0.5) is 5.13 Å². The molecule has 26 heavy (non-hydrogen) atoms. The highest BCUT2D eigenvalue weighted by Crippen LogP contribution is 2.29. The van der Waals surface area contributed by atoms with E-state index < -0.39 is 5.69 Å². The molecule has 0 aliphatic heterocycles. The summed E-state index contributed by atoms with van der Waals surface area (Å²) in [5.41, 5.74) is 1.48. The minimum atomic E-state index is -0.392. The number of imidazole rings is 1. The largest absolute Gasteiger partial charge is 0.497 e. The average Bonchev–Trinajstić information content (AvgIpc) is 3.21. The smallest absolute Gasteiger partial charge is 0.349 e. The lowest BCUT2D eigenvalue weighted by Gasteiger charge is -2.04. The van der Waals surface area contributed by atoms with E-state index in [9.17, 15) is 9.59 Å². The molecule has 4 aromatic rings. The Morgan fingerprint density at radius 2 is 2.19 bits per heavy atom. The van der Waals surface area contributed by atoms with Crippen LogP contribution in [0.5, 0.6) is 5.75 Å². The van der Waals surface area contributed by atoms with Crippen LogP contribution in [0, 0.1) is 0 Å². The zero-order chi connectivity index (χ0) is 18.3. The van der Waals surface area contributed by atoms with Gasteiger partial charge in [0.05, 0.1) is 29.9 Å². The SMILES string of the molecule is COc1ccc2nc(NC(=O)Cn3cnc4c3cnc(=O)n4C)sc2c1. The summed E-state index contributed by atoms with van der Waals surface area (Å²) in [4.78, 5) is 36.2. The summed E-state index contributed by atoms with van der Waals surface area (Å²) in [7, 11) is 3.19. The predicted molar refractivity (Wildman–Crippen MR) is 97.6 cm³/mol. The van der Waals surface area contributed by atoms with E-state index >= 15 is 0 Å². The predicted octanol–water partition coefficient (Wildman–Crippen LogP) is 1.39. The Balaban J connectivity index is 1.56. The third kappa shape index (κ3) is 2.80. The lowest BCUT2D eigenvalue weighted by molar-refractivity contribution is -0.116. The molecule has 1 N–H and O–H groups in total. The van der Waals surface area contributed by atoms with Gasteiger partial charge in [-0.05, 0) is 18.2 Å². The Hall–Kier alpha value is -3.27. The van der Waals surface area contributed by atoms with Crippen molar-refractivity contribution in [2.24, 2.45) is 7.05 Å². The number of rotatable bonds is 4. The van der Waals surface area contributed by atoms with Crippen LogP contribution >= 0.6 is 11.3 Å². The summed E-state index contributed by atoms with van der Waals surface area (Å²) in [6.07, 6.45) is 2.93. The highest BCUT2D eigenvalue weighted by atomic mass is 32.1. The van der Waals surface area contributed by atoms with Crippen LogP contribution in [-0.2, 0) is 18.4 Å². The molecule has 1 aromatic carbocycles. The Kier molecular flexibility index (Phi) is 3.88.